The largest absolute Gasteiger partial charge is 0.478 e. The molecule has 0 amide bonds. The lowest BCUT2D eigenvalue weighted by Gasteiger charge is -2.29. The molecule has 4 rings (SSSR count). The van der Waals surface area contributed by atoms with Crippen molar-refractivity contribution in [3.8, 4) is 0 Å². The number of benzene rings is 1. The molecule has 0 saturated carbocycles. The topological polar surface area (TPSA) is 91.5 Å². The second-order valence-corrected chi connectivity index (χ2v) is 8.78. The standard InChI is InChI=1S/C22H24Cl2N4O3/c1-12-18(21-26-17(27-31-21)11-28-8-4-3-5-9-28)20(19(22(29)30)13(2)25-12)14-6-7-15(23)16(24)10-14/h6-7,10,20,25H,3-5,8-9,11H2,1-2H3,(H,29,30). The highest BCUT2D eigenvalue weighted by Gasteiger charge is 2.36. The van der Waals surface area contributed by atoms with E-state index in [9.17, 15) is 9.90 Å². The second-order valence-electron chi connectivity index (χ2n) is 7.97. The Morgan fingerprint density at radius 2 is 1.94 bits per heavy atom. The average molecular weight is 463 g/mol. The zero-order chi connectivity index (χ0) is 22.1. The number of carbonyl (C=O) groups is 1. The van der Waals surface area contributed by atoms with Gasteiger partial charge in [-0.3, -0.25) is 4.90 Å². The highest BCUT2D eigenvalue weighted by molar-refractivity contribution is 6.42. The van der Waals surface area contributed by atoms with Crippen LogP contribution in [0.15, 0.2) is 39.7 Å². The van der Waals surface area contributed by atoms with Crippen molar-refractivity contribution in [2.45, 2.75) is 45.6 Å². The number of allylic oxidation sites excluding steroid dienone is 3. The monoisotopic (exact) mass is 462 g/mol. The number of likely N-dealkylation sites (tertiary alicyclic amines) is 1. The minimum Gasteiger partial charge on any atom is -0.478 e. The van der Waals surface area contributed by atoms with Crippen LogP contribution in [0.2, 0.25) is 10.0 Å². The molecule has 3 heterocycles. The fourth-order valence-electron chi connectivity index (χ4n) is 4.33. The molecular weight excluding hydrogens is 439 g/mol. The van der Waals surface area contributed by atoms with Crippen LogP contribution < -0.4 is 5.32 Å². The molecule has 0 aliphatic carbocycles. The van der Waals surface area contributed by atoms with Gasteiger partial charge in [0.1, 0.15) is 0 Å². The molecule has 1 fully saturated rings. The van der Waals surface area contributed by atoms with Crippen molar-refractivity contribution in [1.29, 1.82) is 0 Å². The number of dihydropyridines is 1. The van der Waals surface area contributed by atoms with Gasteiger partial charge in [-0.2, -0.15) is 4.98 Å². The lowest BCUT2D eigenvalue weighted by Crippen LogP contribution is -2.29. The van der Waals surface area contributed by atoms with Crippen LogP contribution in [0.1, 0.15) is 56.3 Å². The SMILES string of the molecule is CC1=C(C(=O)O)C(c2ccc(Cl)c(Cl)c2)C(c2nc(CN3CCCCC3)no2)=C(C)N1. The van der Waals surface area contributed by atoms with Crippen LogP contribution in [0, 0.1) is 0 Å². The molecule has 164 valence electrons. The Morgan fingerprint density at radius 3 is 2.61 bits per heavy atom. The Balaban J connectivity index is 1.74. The fraction of sp³-hybridized carbons (Fsp3) is 0.409. The van der Waals surface area contributed by atoms with Crippen LogP contribution in [0.4, 0.5) is 0 Å². The first-order chi connectivity index (χ1) is 14.8. The summed E-state index contributed by atoms with van der Waals surface area (Å²) in [7, 11) is 0. The van der Waals surface area contributed by atoms with Crippen LogP contribution in [-0.4, -0.2) is 39.2 Å². The first-order valence-corrected chi connectivity index (χ1v) is 11.0. The summed E-state index contributed by atoms with van der Waals surface area (Å²) in [5.74, 6) is -0.761. The molecular formula is C22H24Cl2N4O3. The normalized spacial score (nSPS) is 20.2. The van der Waals surface area contributed by atoms with Crippen LogP contribution in [0.3, 0.4) is 0 Å². The molecule has 2 aliphatic rings. The number of hydrogen-bond donors (Lipinski definition) is 2. The van der Waals surface area contributed by atoms with Crippen molar-refractivity contribution in [3.63, 3.8) is 0 Å². The molecule has 2 N–H and O–H groups in total. The second kappa shape index (κ2) is 9.02. The van der Waals surface area contributed by atoms with Crippen LogP contribution in [0.5, 0.6) is 0 Å². The van der Waals surface area contributed by atoms with Crippen molar-refractivity contribution >= 4 is 34.7 Å². The lowest BCUT2D eigenvalue weighted by atomic mass is 9.80. The van der Waals surface area contributed by atoms with Crippen molar-refractivity contribution < 1.29 is 14.4 Å². The van der Waals surface area contributed by atoms with Crippen molar-refractivity contribution in [3.05, 3.63) is 62.5 Å². The molecule has 0 radical (unpaired) electrons. The molecule has 1 saturated heterocycles. The minimum atomic E-state index is -1.03. The number of aliphatic carboxylic acids is 1. The number of hydrogen-bond acceptors (Lipinski definition) is 6. The number of nitrogens with zero attached hydrogens (tertiary/aromatic N) is 3. The van der Waals surface area contributed by atoms with Gasteiger partial charge >= 0.3 is 5.97 Å². The summed E-state index contributed by atoms with van der Waals surface area (Å²) in [6.45, 7) is 6.26. The number of aromatic nitrogens is 2. The van der Waals surface area contributed by atoms with Gasteiger partial charge in [0, 0.05) is 17.0 Å². The summed E-state index contributed by atoms with van der Waals surface area (Å²) >= 11 is 12.4. The smallest absolute Gasteiger partial charge is 0.334 e. The molecule has 31 heavy (non-hydrogen) atoms. The van der Waals surface area contributed by atoms with Gasteiger partial charge in [0.05, 0.1) is 28.1 Å². The predicted octanol–water partition coefficient (Wildman–Crippen LogP) is 4.84. The van der Waals surface area contributed by atoms with E-state index >= 15 is 0 Å². The van der Waals surface area contributed by atoms with E-state index in [0.717, 1.165) is 18.8 Å². The predicted molar refractivity (Wildman–Crippen MR) is 119 cm³/mol. The maximum atomic E-state index is 12.2. The Kier molecular flexibility index (Phi) is 6.36. The fourth-order valence-corrected chi connectivity index (χ4v) is 4.64. The summed E-state index contributed by atoms with van der Waals surface area (Å²) in [6.07, 6.45) is 3.59. The van der Waals surface area contributed by atoms with Crippen LogP contribution >= 0.6 is 23.2 Å². The van der Waals surface area contributed by atoms with E-state index in [0.29, 0.717) is 45.1 Å². The van der Waals surface area contributed by atoms with Gasteiger partial charge in [0.15, 0.2) is 5.82 Å². The van der Waals surface area contributed by atoms with E-state index in [1.165, 1.54) is 19.3 Å². The van der Waals surface area contributed by atoms with E-state index in [4.69, 9.17) is 27.7 Å². The van der Waals surface area contributed by atoms with E-state index in [-0.39, 0.29) is 5.57 Å². The van der Waals surface area contributed by atoms with Crippen molar-refractivity contribution in [1.82, 2.24) is 20.4 Å². The van der Waals surface area contributed by atoms with Gasteiger partial charge in [0.25, 0.3) is 5.89 Å². The van der Waals surface area contributed by atoms with Gasteiger partial charge in [0.2, 0.25) is 0 Å². The molecule has 1 unspecified atom stereocenters. The van der Waals surface area contributed by atoms with E-state index in [1.807, 2.05) is 6.92 Å². The Hall–Kier alpha value is -2.35. The van der Waals surface area contributed by atoms with Crippen molar-refractivity contribution in [2.24, 2.45) is 0 Å². The number of carboxylic acids is 1. The molecule has 9 heteroatoms. The van der Waals surface area contributed by atoms with Crippen molar-refractivity contribution in [2.75, 3.05) is 13.1 Å². The number of halogens is 2. The Bertz CT molecular complexity index is 1070. The molecule has 1 aromatic heterocycles. The third-order valence-electron chi connectivity index (χ3n) is 5.78. The third kappa shape index (κ3) is 4.49. The molecule has 0 spiro atoms. The number of nitrogens with one attached hydrogen (secondary N) is 1. The molecule has 0 bridgehead atoms. The number of piperidine rings is 1. The number of rotatable bonds is 5. The summed E-state index contributed by atoms with van der Waals surface area (Å²) < 4.78 is 5.62. The summed E-state index contributed by atoms with van der Waals surface area (Å²) in [5, 5.41) is 18.1. The molecule has 2 aliphatic heterocycles. The maximum absolute atomic E-state index is 12.2. The maximum Gasteiger partial charge on any atom is 0.334 e. The average Bonchev–Trinajstić information content (AvgIpc) is 3.17. The Labute approximate surface area is 190 Å². The first kappa shape index (κ1) is 21.9. The van der Waals surface area contributed by atoms with Gasteiger partial charge in [-0.1, -0.05) is 40.8 Å². The molecule has 1 aromatic carbocycles. The summed E-state index contributed by atoms with van der Waals surface area (Å²) in [5.41, 5.74) is 2.83. The minimum absolute atomic E-state index is 0.203. The molecule has 2 aromatic rings. The van der Waals surface area contributed by atoms with Gasteiger partial charge in [-0.25, -0.2) is 4.79 Å². The van der Waals surface area contributed by atoms with E-state index < -0.39 is 11.9 Å². The highest BCUT2D eigenvalue weighted by atomic mass is 35.5. The summed E-state index contributed by atoms with van der Waals surface area (Å²) in [6, 6.07) is 5.13. The molecule has 1 atom stereocenters. The quantitative estimate of drug-likeness (QED) is 0.656. The van der Waals surface area contributed by atoms with Gasteiger partial charge < -0.3 is 14.9 Å². The lowest BCUT2D eigenvalue weighted by molar-refractivity contribution is -0.132. The summed E-state index contributed by atoms with van der Waals surface area (Å²) in [4.78, 5) is 19.1. The Morgan fingerprint density at radius 1 is 1.19 bits per heavy atom. The van der Waals surface area contributed by atoms with Gasteiger partial charge in [-0.15, -0.1) is 0 Å². The highest BCUT2D eigenvalue weighted by Crippen LogP contribution is 2.44. The zero-order valence-electron chi connectivity index (χ0n) is 17.4. The van der Waals surface area contributed by atoms with E-state index in [2.05, 4.69) is 20.4 Å². The van der Waals surface area contributed by atoms with Crippen LogP contribution in [-0.2, 0) is 11.3 Å². The zero-order valence-corrected chi connectivity index (χ0v) is 18.9. The number of carboxylic acid groups (broad SMARTS) is 1. The van der Waals surface area contributed by atoms with E-state index in [1.54, 1.807) is 25.1 Å². The molecule has 7 nitrogen and oxygen atoms in total. The third-order valence-corrected chi connectivity index (χ3v) is 6.52. The van der Waals surface area contributed by atoms with Gasteiger partial charge in [-0.05, 0) is 57.5 Å². The van der Waals surface area contributed by atoms with Crippen LogP contribution in [0.25, 0.3) is 5.57 Å². The first-order valence-electron chi connectivity index (χ1n) is 10.3.